The van der Waals surface area contributed by atoms with Crippen LogP contribution in [-0.4, -0.2) is 106 Å². The first kappa shape index (κ1) is 33.0. The Kier molecular flexibility index (Phi) is 14.3. The third-order valence-electron chi connectivity index (χ3n) is 7.80. The Morgan fingerprint density at radius 2 is 1.78 bits per heavy atom. The summed E-state index contributed by atoms with van der Waals surface area (Å²) in [6, 6.07) is -0.922. The van der Waals surface area contributed by atoms with E-state index < -0.39 is 6.10 Å². The Hall–Kier alpha value is -2.04. The molecule has 1 saturated heterocycles. The van der Waals surface area contributed by atoms with Crippen molar-refractivity contribution in [3.8, 4) is 0 Å². The Bertz CT molecular complexity index is 748. The van der Waals surface area contributed by atoms with Gasteiger partial charge < -0.3 is 34.7 Å². The van der Waals surface area contributed by atoms with Crippen molar-refractivity contribution in [3.63, 3.8) is 0 Å². The average Bonchev–Trinajstić information content (AvgIpc) is 3.36. The SMILES string of the molecule is CC[C@H](C)[C@@H]([C@@H](CC(=O)N1CCC[C@H]1[C@H](OC)[C@@H](C)C=O)OC)N(C)C(=O)CNC(=O)[C@@H](NC)C(C)C. The van der Waals surface area contributed by atoms with Crippen LogP contribution in [0.5, 0.6) is 0 Å². The van der Waals surface area contributed by atoms with Gasteiger partial charge in [0.1, 0.15) is 6.29 Å². The largest absolute Gasteiger partial charge is 0.379 e. The quantitative estimate of drug-likeness (QED) is 0.293. The van der Waals surface area contributed by atoms with Gasteiger partial charge in [-0.2, -0.15) is 0 Å². The van der Waals surface area contributed by atoms with E-state index in [0.29, 0.717) is 6.54 Å². The van der Waals surface area contributed by atoms with Gasteiger partial charge in [0.05, 0.1) is 43.3 Å². The average molecular weight is 527 g/mol. The summed E-state index contributed by atoms with van der Waals surface area (Å²) in [5, 5.41) is 5.72. The van der Waals surface area contributed by atoms with E-state index in [2.05, 4.69) is 10.6 Å². The standard InChI is InChI=1S/C27H50N4O6/c1-10-18(4)25(30(7)23(34)15-29-27(35)24(28-6)17(2)3)21(36-8)14-22(33)31-13-11-12-20(31)26(37-9)19(5)16-32/h16-21,24-26,28H,10-15H2,1-9H3,(H,29,35)/t18-,19-,20-,21+,24-,25-,26+/m0/s1. The van der Waals surface area contributed by atoms with Crippen LogP contribution in [0.2, 0.25) is 0 Å². The lowest BCUT2D eigenvalue weighted by Crippen LogP contribution is -2.55. The van der Waals surface area contributed by atoms with Gasteiger partial charge in [0, 0.05) is 33.7 Å². The van der Waals surface area contributed by atoms with Crippen LogP contribution < -0.4 is 10.6 Å². The molecule has 214 valence electrons. The number of aldehydes is 1. The Labute approximate surface area is 223 Å². The van der Waals surface area contributed by atoms with Gasteiger partial charge in [0.25, 0.3) is 0 Å². The zero-order valence-corrected chi connectivity index (χ0v) is 24.3. The fourth-order valence-corrected chi connectivity index (χ4v) is 5.45. The van der Waals surface area contributed by atoms with E-state index in [1.54, 1.807) is 45.0 Å². The van der Waals surface area contributed by atoms with Crippen molar-refractivity contribution >= 4 is 24.0 Å². The highest BCUT2D eigenvalue weighted by Gasteiger charge is 2.40. The fourth-order valence-electron chi connectivity index (χ4n) is 5.45. The van der Waals surface area contributed by atoms with Crippen LogP contribution in [-0.2, 0) is 28.7 Å². The molecule has 0 aromatic heterocycles. The molecule has 1 heterocycles. The van der Waals surface area contributed by atoms with Crippen molar-refractivity contribution in [2.45, 2.75) is 90.6 Å². The van der Waals surface area contributed by atoms with E-state index in [1.165, 1.54) is 0 Å². The van der Waals surface area contributed by atoms with Gasteiger partial charge in [0.15, 0.2) is 0 Å². The number of likely N-dealkylation sites (N-methyl/N-ethyl adjacent to an activating group) is 2. The first-order valence-corrected chi connectivity index (χ1v) is 13.5. The Morgan fingerprint density at radius 1 is 1.14 bits per heavy atom. The molecule has 0 aliphatic carbocycles. The van der Waals surface area contributed by atoms with Crippen LogP contribution in [0.4, 0.5) is 0 Å². The summed E-state index contributed by atoms with van der Waals surface area (Å²) in [5.74, 6) is -0.742. The maximum Gasteiger partial charge on any atom is 0.242 e. The van der Waals surface area contributed by atoms with Gasteiger partial charge in [-0.25, -0.2) is 0 Å². The first-order chi connectivity index (χ1) is 17.5. The van der Waals surface area contributed by atoms with Crippen LogP contribution in [0.15, 0.2) is 0 Å². The molecule has 10 heteroatoms. The Balaban J connectivity index is 3.01. The van der Waals surface area contributed by atoms with Crippen molar-refractivity contribution in [1.82, 2.24) is 20.4 Å². The van der Waals surface area contributed by atoms with E-state index in [1.807, 2.05) is 27.7 Å². The Morgan fingerprint density at radius 3 is 2.27 bits per heavy atom. The highest BCUT2D eigenvalue weighted by Crippen LogP contribution is 2.28. The monoisotopic (exact) mass is 526 g/mol. The van der Waals surface area contributed by atoms with Gasteiger partial charge in [0.2, 0.25) is 17.7 Å². The molecule has 0 aromatic rings. The maximum absolute atomic E-state index is 13.5. The number of amides is 3. The highest BCUT2D eigenvalue weighted by atomic mass is 16.5. The van der Waals surface area contributed by atoms with Gasteiger partial charge in [-0.05, 0) is 31.7 Å². The number of hydrogen-bond acceptors (Lipinski definition) is 7. The molecular formula is C27H50N4O6. The fraction of sp³-hybridized carbons (Fsp3) is 0.852. The second-order valence-electron chi connectivity index (χ2n) is 10.6. The van der Waals surface area contributed by atoms with E-state index in [4.69, 9.17) is 9.47 Å². The van der Waals surface area contributed by atoms with Crippen LogP contribution in [0.25, 0.3) is 0 Å². The number of nitrogens with one attached hydrogen (secondary N) is 2. The van der Waals surface area contributed by atoms with Crippen molar-refractivity contribution in [3.05, 3.63) is 0 Å². The molecule has 0 unspecified atom stereocenters. The van der Waals surface area contributed by atoms with Crippen LogP contribution >= 0.6 is 0 Å². The molecule has 10 nitrogen and oxygen atoms in total. The number of rotatable bonds is 16. The van der Waals surface area contributed by atoms with E-state index in [9.17, 15) is 19.2 Å². The van der Waals surface area contributed by atoms with Crippen molar-refractivity contribution in [2.24, 2.45) is 17.8 Å². The molecule has 1 aliphatic heterocycles. The molecule has 2 N–H and O–H groups in total. The van der Waals surface area contributed by atoms with Crippen LogP contribution in [0.1, 0.15) is 60.3 Å². The first-order valence-electron chi connectivity index (χ1n) is 13.5. The zero-order valence-electron chi connectivity index (χ0n) is 24.3. The summed E-state index contributed by atoms with van der Waals surface area (Å²) in [6.45, 7) is 10.2. The van der Waals surface area contributed by atoms with Crippen molar-refractivity contribution in [2.75, 3.05) is 41.4 Å². The number of methoxy groups -OCH3 is 2. The lowest BCUT2D eigenvalue weighted by molar-refractivity contribution is -0.144. The summed E-state index contributed by atoms with van der Waals surface area (Å²) in [5.41, 5.74) is 0. The van der Waals surface area contributed by atoms with Crippen molar-refractivity contribution < 1.29 is 28.7 Å². The summed E-state index contributed by atoms with van der Waals surface area (Å²) < 4.78 is 11.4. The second-order valence-corrected chi connectivity index (χ2v) is 10.6. The predicted molar refractivity (Wildman–Crippen MR) is 143 cm³/mol. The molecule has 1 rings (SSSR count). The molecule has 3 amide bonds. The third-order valence-corrected chi connectivity index (χ3v) is 7.80. The van der Waals surface area contributed by atoms with Crippen LogP contribution in [0.3, 0.4) is 0 Å². The van der Waals surface area contributed by atoms with Crippen molar-refractivity contribution in [1.29, 1.82) is 0 Å². The zero-order chi connectivity index (χ0) is 28.3. The normalized spacial score (nSPS) is 20.6. The second kappa shape index (κ2) is 16.0. The lowest BCUT2D eigenvalue weighted by Gasteiger charge is -2.39. The minimum Gasteiger partial charge on any atom is -0.379 e. The summed E-state index contributed by atoms with van der Waals surface area (Å²) in [7, 11) is 6.55. The number of likely N-dealkylation sites (tertiary alicyclic amines) is 1. The van der Waals surface area contributed by atoms with Gasteiger partial charge in [-0.15, -0.1) is 0 Å². The predicted octanol–water partition coefficient (Wildman–Crippen LogP) is 1.47. The lowest BCUT2D eigenvalue weighted by atomic mass is 9.90. The van der Waals surface area contributed by atoms with E-state index in [-0.39, 0.29) is 72.7 Å². The minimum absolute atomic E-state index is 0.0549. The number of nitrogens with zero attached hydrogens (tertiary/aromatic N) is 2. The topological polar surface area (TPSA) is 117 Å². The smallest absolute Gasteiger partial charge is 0.242 e. The van der Waals surface area contributed by atoms with E-state index >= 15 is 0 Å². The van der Waals surface area contributed by atoms with Gasteiger partial charge in [-0.1, -0.05) is 41.0 Å². The molecule has 1 fully saturated rings. The molecule has 0 radical (unpaired) electrons. The molecule has 0 aromatic carbocycles. The number of carbonyl (C=O) groups is 4. The number of carbonyl (C=O) groups excluding carboxylic acids is 4. The molecule has 0 spiro atoms. The summed E-state index contributed by atoms with van der Waals surface area (Å²) in [6.07, 6.45) is 2.48. The molecule has 37 heavy (non-hydrogen) atoms. The summed E-state index contributed by atoms with van der Waals surface area (Å²) in [4.78, 5) is 54.0. The molecule has 7 atom stereocenters. The number of hydrogen-bond donors (Lipinski definition) is 2. The molecule has 0 saturated carbocycles. The maximum atomic E-state index is 13.5. The third kappa shape index (κ3) is 8.75. The van der Waals surface area contributed by atoms with Crippen LogP contribution in [0, 0.1) is 17.8 Å². The molecule has 1 aliphatic rings. The minimum atomic E-state index is -0.529. The summed E-state index contributed by atoms with van der Waals surface area (Å²) >= 11 is 0. The van der Waals surface area contributed by atoms with Gasteiger partial charge >= 0.3 is 0 Å². The number of ether oxygens (including phenoxy) is 2. The molecular weight excluding hydrogens is 476 g/mol. The van der Waals surface area contributed by atoms with Gasteiger partial charge in [-0.3, -0.25) is 14.4 Å². The van der Waals surface area contributed by atoms with E-state index in [0.717, 1.165) is 25.5 Å². The highest BCUT2D eigenvalue weighted by molar-refractivity contribution is 5.87. The molecule has 0 bridgehead atoms.